The third-order valence-electron chi connectivity index (χ3n) is 4.82. The standard InChI is InChI=1S/C16H23BrN2OS/c1-11-8-13(17)2-3-14(11)15(19-18)12-4-6-20-16(9-12)5-7-21-10-16/h2-3,8,12,15,19H,4-7,9-10,18H2,1H3. The zero-order valence-corrected chi connectivity index (χ0v) is 14.8. The molecule has 2 aliphatic heterocycles. The number of thioether (sulfide) groups is 1. The van der Waals surface area contributed by atoms with E-state index in [1.165, 1.54) is 23.3 Å². The number of nitrogens with two attached hydrogens (primary N) is 1. The van der Waals surface area contributed by atoms with E-state index >= 15 is 0 Å². The molecule has 3 N–H and O–H groups in total. The Morgan fingerprint density at radius 2 is 2.38 bits per heavy atom. The minimum absolute atomic E-state index is 0.103. The van der Waals surface area contributed by atoms with E-state index in [4.69, 9.17) is 10.6 Å². The van der Waals surface area contributed by atoms with Gasteiger partial charge in [0, 0.05) is 22.9 Å². The average Bonchev–Trinajstić information content (AvgIpc) is 2.90. The van der Waals surface area contributed by atoms with Gasteiger partial charge in [-0.05, 0) is 61.1 Å². The van der Waals surface area contributed by atoms with Gasteiger partial charge in [0.25, 0.3) is 0 Å². The summed E-state index contributed by atoms with van der Waals surface area (Å²) in [4.78, 5) is 0. The van der Waals surface area contributed by atoms with Gasteiger partial charge in [-0.15, -0.1) is 0 Å². The largest absolute Gasteiger partial charge is 0.374 e. The Labute approximate surface area is 139 Å². The van der Waals surface area contributed by atoms with Gasteiger partial charge in [-0.2, -0.15) is 11.8 Å². The highest BCUT2D eigenvalue weighted by Gasteiger charge is 2.42. The van der Waals surface area contributed by atoms with E-state index < -0.39 is 0 Å². The molecule has 3 unspecified atom stereocenters. The van der Waals surface area contributed by atoms with Crippen molar-refractivity contribution in [1.29, 1.82) is 0 Å². The second-order valence-electron chi connectivity index (χ2n) is 6.23. The molecule has 1 aromatic carbocycles. The van der Waals surface area contributed by atoms with Crippen LogP contribution in [0.3, 0.4) is 0 Å². The zero-order valence-electron chi connectivity index (χ0n) is 12.4. The summed E-state index contributed by atoms with van der Waals surface area (Å²) in [6.45, 7) is 3.02. The van der Waals surface area contributed by atoms with Crippen LogP contribution in [0.15, 0.2) is 22.7 Å². The summed E-state index contributed by atoms with van der Waals surface area (Å²) in [5.74, 6) is 8.83. The molecule has 2 fully saturated rings. The highest BCUT2D eigenvalue weighted by molar-refractivity contribution is 9.10. The minimum Gasteiger partial charge on any atom is -0.374 e. The lowest BCUT2D eigenvalue weighted by molar-refractivity contribution is -0.0854. The number of aryl methyl sites for hydroxylation is 1. The van der Waals surface area contributed by atoms with Crippen LogP contribution in [-0.2, 0) is 4.74 Å². The van der Waals surface area contributed by atoms with E-state index in [0.717, 1.165) is 29.7 Å². The van der Waals surface area contributed by atoms with Crippen molar-refractivity contribution in [2.45, 2.75) is 37.8 Å². The number of rotatable bonds is 3. The van der Waals surface area contributed by atoms with Crippen molar-refractivity contribution in [3.05, 3.63) is 33.8 Å². The average molecular weight is 371 g/mol. The third kappa shape index (κ3) is 3.32. The van der Waals surface area contributed by atoms with Crippen LogP contribution in [-0.4, -0.2) is 23.7 Å². The number of ether oxygens (including phenoxy) is 1. The van der Waals surface area contributed by atoms with Crippen LogP contribution in [0.25, 0.3) is 0 Å². The molecule has 2 heterocycles. The lowest BCUT2D eigenvalue weighted by Crippen LogP contribution is -2.45. The van der Waals surface area contributed by atoms with E-state index in [9.17, 15) is 0 Å². The Morgan fingerprint density at radius 1 is 1.52 bits per heavy atom. The van der Waals surface area contributed by atoms with Gasteiger partial charge in [-0.25, -0.2) is 0 Å². The van der Waals surface area contributed by atoms with Crippen LogP contribution >= 0.6 is 27.7 Å². The molecule has 0 aromatic heterocycles. The van der Waals surface area contributed by atoms with Crippen molar-refractivity contribution in [3.63, 3.8) is 0 Å². The van der Waals surface area contributed by atoms with E-state index in [-0.39, 0.29) is 11.6 Å². The predicted octanol–water partition coefficient (Wildman–Crippen LogP) is 3.56. The number of hydrogen-bond donors (Lipinski definition) is 2. The van der Waals surface area contributed by atoms with E-state index in [1.54, 1.807) is 0 Å². The van der Waals surface area contributed by atoms with Gasteiger partial charge in [-0.1, -0.05) is 22.0 Å². The zero-order chi connectivity index (χ0) is 14.9. The number of nitrogens with one attached hydrogen (secondary N) is 1. The Hall–Kier alpha value is -0.0700. The molecule has 116 valence electrons. The maximum absolute atomic E-state index is 6.14. The number of halogens is 1. The smallest absolute Gasteiger partial charge is 0.0783 e. The lowest BCUT2D eigenvalue weighted by Gasteiger charge is -2.41. The normalized spacial score (nSPS) is 30.7. The molecule has 2 aliphatic rings. The van der Waals surface area contributed by atoms with Gasteiger partial charge < -0.3 is 4.74 Å². The minimum atomic E-state index is 0.103. The summed E-state index contributed by atoms with van der Waals surface area (Å²) < 4.78 is 7.26. The predicted molar refractivity (Wildman–Crippen MR) is 92.3 cm³/mol. The molecule has 3 rings (SSSR count). The van der Waals surface area contributed by atoms with Gasteiger partial charge in [-0.3, -0.25) is 11.3 Å². The van der Waals surface area contributed by atoms with Crippen LogP contribution in [0.5, 0.6) is 0 Å². The molecule has 0 aliphatic carbocycles. The second-order valence-corrected chi connectivity index (χ2v) is 8.25. The molecule has 3 atom stereocenters. The summed E-state index contributed by atoms with van der Waals surface area (Å²) in [5, 5.41) is 0. The fraction of sp³-hybridized carbons (Fsp3) is 0.625. The van der Waals surface area contributed by atoms with Crippen molar-refractivity contribution >= 4 is 27.7 Å². The Morgan fingerprint density at radius 3 is 3.05 bits per heavy atom. The molecule has 5 heteroatoms. The van der Waals surface area contributed by atoms with Gasteiger partial charge in [0.05, 0.1) is 5.60 Å². The van der Waals surface area contributed by atoms with Gasteiger partial charge in [0.1, 0.15) is 0 Å². The van der Waals surface area contributed by atoms with Crippen LogP contribution in [0.4, 0.5) is 0 Å². The van der Waals surface area contributed by atoms with Crippen molar-refractivity contribution in [2.24, 2.45) is 11.8 Å². The van der Waals surface area contributed by atoms with Crippen LogP contribution in [0.2, 0.25) is 0 Å². The molecular formula is C16H23BrN2OS. The quantitative estimate of drug-likeness (QED) is 0.630. The first kappa shape index (κ1) is 15.8. The first-order chi connectivity index (χ1) is 10.1. The van der Waals surface area contributed by atoms with Gasteiger partial charge in [0.15, 0.2) is 0 Å². The molecular weight excluding hydrogens is 348 g/mol. The number of hydrazine groups is 1. The van der Waals surface area contributed by atoms with Crippen LogP contribution in [0, 0.1) is 12.8 Å². The summed E-state index contributed by atoms with van der Waals surface area (Å²) in [6, 6.07) is 6.67. The Kier molecular flexibility index (Phi) is 4.96. The molecule has 0 bridgehead atoms. The van der Waals surface area contributed by atoms with E-state index in [0.29, 0.717) is 5.92 Å². The van der Waals surface area contributed by atoms with Gasteiger partial charge >= 0.3 is 0 Å². The maximum Gasteiger partial charge on any atom is 0.0783 e. The number of benzene rings is 1. The topological polar surface area (TPSA) is 47.3 Å². The highest BCUT2D eigenvalue weighted by Crippen LogP contribution is 2.44. The first-order valence-corrected chi connectivity index (χ1v) is 9.52. The summed E-state index contributed by atoms with van der Waals surface area (Å²) in [6.07, 6.45) is 3.38. The molecule has 2 saturated heterocycles. The molecule has 21 heavy (non-hydrogen) atoms. The molecule has 0 amide bonds. The van der Waals surface area contributed by atoms with Crippen LogP contribution < -0.4 is 11.3 Å². The fourth-order valence-corrected chi connectivity index (χ4v) is 5.54. The van der Waals surface area contributed by atoms with Crippen molar-refractivity contribution < 1.29 is 4.74 Å². The van der Waals surface area contributed by atoms with Crippen LogP contribution in [0.1, 0.15) is 36.4 Å². The van der Waals surface area contributed by atoms with E-state index in [1.807, 2.05) is 11.8 Å². The maximum atomic E-state index is 6.14. The second kappa shape index (κ2) is 6.59. The molecule has 3 nitrogen and oxygen atoms in total. The Balaban J connectivity index is 1.82. The first-order valence-electron chi connectivity index (χ1n) is 7.57. The summed E-state index contributed by atoms with van der Waals surface area (Å²) >= 11 is 5.56. The fourth-order valence-electron chi connectivity index (χ4n) is 3.68. The van der Waals surface area contributed by atoms with Crippen molar-refractivity contribution in [2.75, 3.05) is 18.1 Å². The highest BCUT2D eigenvalue weighted by atomic mass is 79.9. The SMILES string of the molecule is Cc1cc(Br)ccc1C(NN)C1CCOC2(CCSC2)C1. The monoisotopic (exact) mass is 370 g/mol. The van der Waals surface area contributed by atoms with Crippen molar-refractivity contribution in [3.8, 4) is 0 Å². The Bertz CT molecular complexity index is 505. The van der Waals surface area contributed by atoms with Gasteiger partial charge in [0.2, 0.25) is 0 Å². The number of hydrogen-bond acceptors (Lipinski definition) is 4. The van der Waals surface area contributed by atoms with E-state index in [2.05, 4.69) is 46.5 Å². The molecule has 0 radical (unpaired) electrons. The molecule has 0 saturated carbocycles. The molecule has 1 aromatic rings. The van der Waals surface area contributed by atoms with Crippen molar-refractivity contribution in [1.82, 2.24) is 5.43 Å². The summed E-state index contributed by atoms with van der Waals surface area (Å²) in [7, 11) is 0. The summed E-state index contributed by atoms with van der Waals surface area (Å²) in [5.41, 5.74) is 5.78. The lowest BCUT2D eigenvalue weighted by atomic mass is 9.78. The molecule has 1 spiro atoms. The third-order valence-corrected chi connectivity index (χ3v) is 6.53.